The molecular formula is C21H14N4O2. The van der Waals surface area contributed by atoms with Crippen molar-refractivity contribution in [2.24, 2.45) is 0 Å². The van der Waals surface area contributed by atoms with Crippen molar-refractivity contribution >= 4 is 21.9 Å². The van der Waals surface area contributed by atoms with Crippen LogP contribution in [0.3, 0.4) is 0 Å². The van der Waals surface area contributed by atoms with Gasteiger partial charge in [-0.25, -0.2) is 14.3 Å². The van der Waals surface area contributed by atoms with E-state index in [0.717, 1.165) is 27.0 Å². The van der Waals surface area contributed by atoms with Crippen molar-refractivity contribution in [3.05, 3.63) is 93.6 Å². The van der Waals surface area contributed by atoms with Crippen molar-refractivity contribution in [1.82, 2.24) is 19.5 Å². The summed E-state index contributed by atoms with van der Waals surface area (Å²) in [6, 6.07) is 21.9. The molecule has 5 rings (SSSR count). The van der Waals surface area contributed by atoms with Gasteiger partial charge < -0.3 is 9.97 Å². The van der Waals surface area contributed by atoms with Gasteiger partial charge in [0.2, 0.25) is 0 Å². The molecule has 3 aromatic carbocycles. The van der Waals surface area contributed by atoms with Crippen LogP contribution in [0.15, 0.2) is 82.4 Å². The van der Waals surface area contributed by atoms with Crippen molar-refractivity contribution in [2.75, 3.05) is 0 Å². The van der Waals surface area contributed by atoms with Gasteiger partial charge in [-0.15, -0.1) is 0 Å². The zero-order valence-corrected chi connectivity index (χ0v) is 14.1. The van der Waals surface area contributed by atoms with Crippen LogP contribution in [0.25, 0.3) is 39.0 Å². The van der Waals surface area contributed by atoms with Crippen LogP contribution in [0.2, 0.25) is 0 Å². The number of hydrogen-bond acceptors (Lipinski definition) is 3. The normalized spacial score (nSPS) is 11.3. The van der Waals surface area contributed by atoms with Gasteiger partial charge in [0.25, 0.3) is 5.56 Å². The number of para-hydroxylation sites is 3. The van der Waals surface area contributed by atoms with Crippen LogP contribution in [0.5, 0.6) is 0 Å². The first-order chi connectivity index (χ1) is 13.2. The van der Waals surface area contributed by atoms with E-state index in [1.165, 1.54) is 0 Å². The summed E-state index contributed by atoms with van der Waals surface area (Å²) in [6.07, 6.45) is 0. The molecule has 0 amide bonds. The van der Waals surface area contributed by atoms with Gasteiger partial charge in [-0.1, -0.05) is 24.3 Å². The average molecular weight is 354 g/mol. The van der Waals surface area contributed by atoms with Gasteiger partial charge in [-0.2, -0.15) is 0 Å². The number of aromatic nitrogens is 4. The molecule has 0 aliphatic rings. The minimum atomic E-state index is -0.463. The fourth-order valence-corrected chi connectivity index (χ4v) is 3.25. The molecule has 27 heavy (non-hydrogen) atoms. The van der Waals surface area contributed by atoms with E-state index in [9.17, 15) is 9.59 Å². The molecule has 0 bridgehead atoms. The number of fused-ring (bicyclic) bond motifs is 2. The van der Waals surface area contributed by atoms with Crippen LogP contribution in [-0.4, -0.2) is 19.5 Å². The second-order valence-corrected chi connectivity index (χ2v) is 6.27. The summed E-state index contributed by atoms with van der Waals surface area (Å²) in [4.78, 5) is 35.8. The van der Waals surface area contributed by atoms with E-state index in [-0.39, 0.29) is 5.56 Å². The Hall–Kier alpha value is -3.93. The Bertz CT molecular complexity index is 1380. The summed E-state index contributed by atoms with van der Waals surface area (Å²) in [6.45, 7) is 0. The Morgan fingerprint density at radius 1 is 0.741 bits per heavy atom. The number of benzene rings is 3. The maximum atomic E-state index is 12.7. The molecule has 0 spiro atoms. The molecule has 6 heteroatoms. The van der Waals surface area contributed by atoms with Crippen LogP contribution in [0, 0.1) is 0 Å². The lowest BCUT2D eigenvalue weighted by molar-refractivity contribution is 0.901. The van der Waals surface area contributed by atoms with E-state index in [2.05, 4.69) is 15.0 Å². The molecule has 0 radical (unpaired) electrons. The first-order valence-electron chi connectivity index (χ1n) is 8.50. The number of nitrogens with zero attached hydrogens (tertiary/aromatic N) is 2. The van der Waals surface area contributed by atoms with Crippen LogP contribution in [-0.2, 0) is 0 Å². The lowest BCUT2D eigenvalue weighted by Crippen LogP contribution is -2.33. The topological polar surface area (TPSA) is 83.5 Å². The molecule has 130 valence electrons. The van der Waals surface area contributed by atoms with Crippen LogP contribution in [0.4, 0.5) is 0 Å². The fourth-order valence-electron chi connectivity index (χ4n) is 3.25. The van der Waals surface area contributed by atoms with Crippen LogP contribution in [0.1, 0.15) is 0 Å². The Morgan fingerprint density at radius 3 is 2.22 bits per heavy atom. The minimum absolute atomic E-state index is 0.342. The summed E-state index contributed by atoms with van der Waals surface area (Å²) < 4.78 is 1.14. The largest absolute Gasteiger partial charge is 0.338 e. The third-order valence-electron chi connectivity index (χ3n) is 4.59. The van der Waals surface area contributed by atoms with E-state index >= 15 is 0 Å². The van der Waals surface area contributed by atoms with Crippen LogP contribution >= 0.6 is 0 Å². The monoisotopic (exact) mass is 354 g/mol. The molecule has 0 aliphatic heterocycles. The summed E-state index contributed by atoms with van der Waals surface area (Å²) >= 11 is 0. The molecular weight excluding hydrogens is 340 g/mol. The van der Waals surface area contributed by atoms with E-state index in [4.69, 9.17) is 0 Å². The van der Waals surface area contributed by atoms with Gasteiger partial charge >= 0.3 is 5.69 Å². The Balaban J connectivity index is 1.62. The molecule has 0 saturated heterocycles. The van der Waals surface area contributed by atoms with E-state index in [0.29, 0.717) is 16.6 Å². The maximum absolute atomic E-state index is 12.7. The number of rotatable bonds is 2. The third-order valence-corrected chi connectivity index (χ3v) is 4.59. The number of nitrogens with one attached hydrogen (secondary N) is 2. The summed E-state index contributed by atoms with van der Waals surface area (Å²) in [5.74, 6) is 0.738. The van der Waals surface area contributed by atoms with Crippen molar-refractivity contribution in [1.29, 1.82) is 0 Å². The second-order valence-electron chi connectivity index (χ2n) is 6.27. The number of hydrogen-bond donors (Lipinski definition) is 2. The second kappa shape index (κ2) is 5.81. The Morgan fingerprint density at radius 2 is 1.44 bits per heavy atom. The van der Waals surface area contributed by atoms with E-state index < -0.39 is 5.69 Å². The first kappa shape index (κ1) is 15.3. The predicted molar refractivity (Wildman–Crippen MR) is 105 cm³/mol. The molecule has 2 aromatic heterocycles. The standard InChI is InChI=1S/C21H14N4O2/c26-20-15-5-1-2-6-16(15)24-21(27)25(20)14-11-9-13(10-12-14)19-22-17-7-3-4-8-18(17)23-19/h1-12H,(H,22,23)(H,24,27). The quantitative estimate of drug-likeness (QED) is 0.510. The Labute approximate surface area is 152 Å². The molecule has 2 N–H and O–H groups in total. The van der Waals surface area contributed by atoms with Gasteiger partial charge in [0.1, 0.15) is 5.82 Å². The first-order valence-corrected chi connectivity index (χ1v) is 8.50. The van der Waals surface area contributed by atoms with Crippen molar-refractivity contribution < 1.29 is 0 Å². The number of aromatic amines is 2. The smallest absolute Gasteiger partial charge is 0.333 e. The zero-order chi connectivity index (χ0) is 18.4. The SMILES string of the molecule is O=c1[nH]c2ccccc2c(=O)n1-c1ccc(-c2nc3ccccc3[nH]2)cc1. The minimum Gasteiger partial charge on any atom is -0.338 e. The van der Waals surface area contributed by atoms with E-state index in [1.54, 1.807) is 36.4 Å². The number of H-pyrrole nitrogens is 2. The molecule has 2 heterocycles. The van der Waals surface area contributed by atoms with Gasteiger partial charge in [0.05, 0.1) is 27.6 Å². The summed E-state index contributed by atoms with van der Waals surface area (Å²) in [5, 5.41) is 0.471. The van der Waals surface area contributed by atoms with Crippen molar-refractivity contribution in [3.8, 4) is 17.1 Å². The molecule has 0 atom stereocenters. The highest BCUT2D eigenvalue weighted by molar-refractivity contribution is 5.79. The van der Waals surface area contributed by atoms with Gasteiger partial charge in [-0.3, -0.25) is 4.79 Å². The molecule has 0 fully saturated rings. The third kappa shape index (κ3) is 2.46. The highest BCUT2D eigenvalue weighted by atomic mass is 16.2. The molecule has 5 aromatic rings. The maximum Gasteiger partial charge on any atom is 0.333 e. The van der Waals surface area contributed by atoms with E-state index in [1.807, 2.05) is 36.4 Å². The molecule has 0 aliphatic carbocycles. The molecule has 6 nitrogen and oxygen atoms in total. The summed E-state index contributed by atoms with van der Waals surface area (Å²) in [5.41, 5.74) is 2.95. The summed E-state index contributed by atoms with van der Waals surface area (Å²) in [7, 11) is 0. The van der Waals surface area contributed by atoms with Gasteiger partial charge in [0, 0.05) is 5.56 Å². The van der Waals surface area contributed by atoms with Crippen LogP contribution < -0.4 is 11.2 Å². The van der Waals surface area contributed by atoms with Crippen molar-refractivity contribution in [3.63, 3.8) is 0 Å². The average Bonchev–Trinajstić information content (AvgIpc) is 3.13. The fraction of sp³-hybridized carbons (Fsp3) is 0. The van der Waals surface area contributed by atoms with Crippen molar-refractivity contribution in [2.45, 2.75) is 0 Å². The predicted octanol–water partition coefficient (Wildman–Crippen LogP) is 3.22. The highest BCUT2D eigenvalue weighted by Gasteiger charge is 2.10. The zero-order valence-electron chi connectivity index (χ0n) is 14.1. The lowest BCUT2D eigenvalue weighted by Gasteiger charge is -2.07. The highest BCUT2D eigenvalue weighted by Crippen LogP contribution is 2.21. The number of imidazole rings is 1. The van der Waals surface area contributed by atoms with Gasteiger partial charge in [-0.05, 0) is 48.5 Å². The lowest BCUT2D eigenvalue weighted by atomic mass is 10.2. The molecule has 0 unspecified atom stereocenters. The molecule has 0 saturated carbocycles. The Kier molecular flexibility index (Phi) is 3.30. The van der Waals surface area contributed by atoms with Gasteiger partial charge in [0.15, 0.2) is 0 Å².